The first kappa shape index (κ1) is 11.0. The molecule has 0 aromatic carbocycles. The average molecular weight is 227 g/mol. The number of aromatic nitrogens is 2. The van der Waals surface area contributed by atoms with Gasteiger partial charge in [-0.2, -0.15) is 16.7 Å². The van der Waals surface area contributed by atoms with Crippen LogP contribution in [-0.4, -0.2) is 29.0 Å². The molecule has 0 amide bonds. The number of thioether (sulfide) groups is 1. The lowest BCUT2D eigenvalue weighted by atomic mass is 10.00. The van der Waals surface area contributed by atoms with Gasteiger partial charge in [0.2, 0.25) is 5.89 Å². The van der Waals surface area contributed by atoms with E-state index in [4.69, 9.17) is 4.52 Å². The van der Waals surface area contributed by atoms with E-state index in [-0.39, 0.29) is 0 Å². The zero-order valence-corrected chi connectivity index (χ0v) is 9.85. The minimum Gasteiger partial charge on any atom is -0.339 e. The zero-order chi connectivity index (χ0) is 10.5. The standard InChI is InChI=1S/C10H17N3OS/c1-2-15-7-9-12-10(14-13-9)8-4-3-5-11-6-8/h8,11H,2-7H2,1H3. The summed E-state index contributed by atoms with van der Waals surface area (Å²) in [4.78, 5) is 4.43. The van der Waals surface area contributed by atoms with Crippen LogP contribution in [0.25, 0.3) is 0 Å². The molecule has 1 atom stereocenters. The normalized spacial score (nSPS) is 21.8. The van der Waals surface area contributed by atoms with E-state index >= 15 is 0 Å². The van der Waals surface area contributed by atoms with Gasteiger partial charge in [-0.15, -0.1) is 0 Å². The molecule has 1 aromatic heterocycles. The molecule has 0 bridgehead atoms. The molecule has 1 fully saturated rings. The molecular formula is C10H17N3OS. The smallest absolute Gasteiger partial charge is 0.231 e. The lowest BCUT2D eigenvalue weighted by Crippen LogP contribution is -2.28. The van der Waals surface area contributed by atoms with Crippen LogP contribution in [0, 0.1) is 0 Å². The molecule has 1 N–H and O–H groups in total. The van der Waals surface area contributed by atoms with Gasteiger partial charge in [0.15, 0.2) is 5.82 Å². The van der Waals surface area contributed by atoms with Crippen molar-refractivity contribution in [3.63, 3.8) is 0 Å². The van der Waals surface area contributed by atoms with Crippen LogP contribution in [-0.2, 0) is 5.75 Å². The molecule has 15 heavy (non-hydrogen) atoms. The molecule has 1 aliphatic heterocycles. The van der Waals surface area contributed by atoms with Gasteiger partial charge < -0.3 is 9.84 Å². The molecule has 5 heteroatoms. The first-order valence-corrected chi connectivity index (χ1v) is 6.66. The van der Waals surface area contributed by atoms with E-state index < -0.39 is 0 Å². The fraction of sp³-hybridized carbons (Fsp3) is 0.800. The average Bonchev–Trinajstić information content (AvgIpc) is 2.76. The predicted octanol–water partition coefficient (Wildman–Crippen LogP) is 1.79. The number of hydrogen-bond donors (Lipinski definition) is 1. The molecule has 0 aliphatic carbocycles. The Balaban J connectivity index is 1.93. The van der Waals surface area contributed by atoms with Crippen molar-refractivity contribution < 1.29 is 4.52 Å². The summed E-state index contributed by atoms with van der Waals surface area (Å²) in [7, 11) is 0. The Morgan fingerprint density at radius 1 is 1.60 bits per heavy atom. The van der Waals surface area contributed by atoms with E-state index in [1.54, 1.807) is 0 Å². The first-order valence-electron chi connectivity index (χ1n) is 5.51. The van der Waals surface area contributed by atoms with Gasteiger partial charge in [0.05, 0.1) is 11.7 Å². The minimum atomic E-state index is 0.423. The van der Waals surface area contributed by atoms with Crippen LogP contribution >= 0.6 is 11.8 Å². The lowest BCUT2D eigenvalue weighted by molar-refractivity contribution is 0.320. The Hall–Kier alpha value is -0.550. The van der Waals surface area contributed by atoms with Crippen molar-refractivity contribution in [3.8, 4) is 0 Å². The lowest BCUT2D eigenvalue weighted by Gasteiger charge is -2.18. The third-order valence-corrected chi connectivity index (χ3v) is 3.44. The number of nitrogens with one attached hydrogen (secondary N) is 1. The van der Waals surface area contributed by atoms with E-state index in [9.17, 15) is 0 Å². The van der Waals surface area contributed by atoms with Gasteiger partial charge in [-0.3, -0.25) is 0 Å². The van der Waals surface area contributed by atoms with Crippen LogP contribution in [0.5, 0.6) is 0 Å². The molecule has 4 nitrogen and oxygen atoms in total. The molecule has 0 radical (unpaired) electrons. The SMILES string of the molecule is CCSCc1noc(C2CCCNC2)n1. The summed E-state index contributed by atoms with van der Waals surface area (Å²) in [5, 5.41) is 7.35. The largest absolute Gasteiger partial charge is 0.339 e. The van der Waals surface area contributed by atoms with E-state index in [1.165, 1.54) is 6.42 Å². The fourth-order valence-corrected chi connectivity index (χ4v) is 2.25. The summed E-state index contributed by atoms with van der Waals surface area (Å²) in [6.07, 6.45) is 2.36. The third kappa shape index (κ3) is 2.95. The molecule has 0 spiro atoms. The van der Waals surface area contributed by atoms with E-state index in [0.717, 1.165) is 42.7 Å². The van der Waals surface area contributed by atoms with Crippen molar-refractivity contribution in [1.82, 2.24) is 15.5 Å². The van der Waals surface area contributed by atoms with Gasteiger partial charge >= 0.3 is 0 Å². The number of nitrogens with zero attached hydrogens (tertiary/aromatic N) is 2. The first-order chi connectivity index (χ1) is 7.40. The van der Waals surface area contributed by atoms with E-state index in [1.807, 2.05) is 11.8 Å². The molecule has 2 rings (SSSR count). The van der Waals surface area contributed by atoms with Gasteiger partial charge in [0, 0.05) is 6.54 Å². The summed E-state index contributed by atoms with van der Waals surface area (Å²) < 4.78 is 5.29. The molecule has 1 aromatic rings. The molecule has 0 saturated carbocycles. The Morgan fingerprint density at radius 3 is 3.27 bits per heavy atom. The third-order valence-electron chi connectivity index (χ3n) is 2.57. The second kappa shape index (κ2) is 5.51. The molecule has 1 aliphatic rings. The van der Waals surface area contributed by atoms with Crippen LogP contribution in [0.2, 0.25) is 0 Å². The predicted molar refractivity (Wildman–Crippen MR) is 61.0 cm³/mol. The topological polar surface area (TPSA) is 51.0 Å². The molecular weight excluding hydrogens is 210 g/mol. The van der Waals surface area contributed by atoms with Crippen molar-refractivity contribution in [1.29, 1.82) is 0 Å². The van der Waals surface area contributed by atoms with Crippen LogP contribution in [0.3, 0.4) is 0 Å². The van der Waals surface area contributed by atoms with Gasteiger partial charge in [0.25, 0.3) is 0 Å². The number of rotatable bonds is 4. The monoisotopic (exact) mass is 227 g/mol. The number of hydrogen-bond acceptors (Lipinski definition) is 5. The van der Waals surface area contributed by atoms with Crippen LogP contribution in [0.1, 0.15) is 37.4 Å². The Morgan fingerprint density at radius 2 is 2.53 bits per heavy atom. The molecule has 2 heterocycles. The second-order valence-electron chi connectivity index (χ2n) is 3.73. The second-order valence-corrected chi connectivity index (χ2v) is 5.00. The molecule has 1 unspecified atom stereocenters. The van der Waals surface area contributed by atoms with E-state index in [0.29, 0.717) is 5.92 Å². The maximum Gasteiger partial charge on any atom is 0.231 e. The summed E-state index contributed by atoms with van der Waals surface area (Å²) in [5.41, 5.74) is 0. The minimum absolute atomic E-state index is 0.423. The van der Waals surface area contributed by atoms with Gasteiger partial charge in [-0.25, -0.2) is 0 Å². The highest BCUT2D eigenvalue weighted by atomic mass is 32.2. The van der Waals surface area contributed by atoms with Crippen molar-refractivity contribution >= 4 is 11.8 Å². The molecule has 1 saturated heterocycles. The van der Waals surface area contributed by atoms with Crippen LogP contribution in [0.15, 0.2) is 4.52 Å². The quantitative estimate of drug-likeness (QED) is 0.850. The molecule has 84 valence electrons. The van der Waals surface area contributed by atoms with Gasteiger partial charge in [0.1, 0.15) is 0 Å². The fourth-order valence-electron chi connectivity index (χ4n) is 1.75. The van der Waals surface area contributed by atoms with Crippen molar-refractivity contribution in [2.24, 2.45) is 0 Å². The van der Waals surface area contributed by atoms with E-state index in [2.05, 4.69) is 22.4 Å². The summed E-state index contributed by atoms with van der Waals surface area (Å²) in [5.74, 6) is 4.03. The van der Waals surface area contributed by atoms with Gasteiger partial charge in [-0.05, 0) is 25.1 Å². The summed E-state index contributed by atoms with van der Waals surface area (Å²) in [6.45, 7) is 4.22. The highest BCUT2D eigenvalue weighted by Crippen LogP contribution is 2.22. The Bertz CT molecular complexity index is 297. The Labute approximate surface area is 94.2 Å². The zero-order valence-electron chi connectivity index (χ0n) is 9.03. The maximum absolute atomic E-state index is 5.29. The highest BCUT2D eigenvalue weighted by Gasteiger charge is 2.20. The highest BCUT2D eigenvalue weighted by molar-refractivity contribution is 7.98. The Kier molecular flexibility index (Phi) is 4.02. The maximum atomic E-state index is 5.29. The van der Waals surface area contributed by atoms with Crippen molar-refractivity contribution in [2.45, 2.75) is 31.4 Å². The number of piperidine rings is 1. The summed E-state index contributed by atoms with van der Waals surface area (Å²) in [6, 6.07) is 0. The van der Waals surface area contributed by atoms with Crippen molar-refractivity contribution in [2.75, 3.05) is 18.8 Å². The van der Waals surface area contributed by atoms with Crippen LogP contribution in [0.4, 0.5) is 0 Å². The van der Waals surface area contributed by atoms with Crippen molar-refractivity contribution in [3.05, 3.63) is 11.7 Å². The summed E-state index contributed by atoms with van der Waals surface area (Å²) >= 11 is 1.82. The van der Waals surface area contributed by atoms with Crippen LogP contribution < -0.4 is 5.32 Å². The van der Waals surface area contributed by atoms with Gasteiger partial charge in [-0.1, -0.05) is 12.1 Å².